The van der Waals surface area contributed by atoms with Gasteiger partial charge in [0.2, 0.25) is 5.91 Å². The molecular weight excluding hydrogens is 322 g/mol. The first-order valence-corrected chi connectivity index (χ1v) is 8.07. The first kappa shape index (κ1) is 15.5. The number of ether oxygens (including phenoxy) is 2. The van der Waals surface area contributed by atoms with Crippen LogP contribution in [0, 0.1) is 0 Å². The highest BCUT2D eigenvalue weighted by molar-refractivity contribution is 6.02. The Hall–Kier alpha value is -3.03. The minimum Gasteiger partial charge on any atom is -0.493 e. The molecule has 0 unspecified atom stereocenters. The molecule has 1 aromatic heterocycles. The van der Waals surface area contributed by atoms with Crippen LogP contribution in [0.4, 0.5) is 17.3 Å². The van der Waals surface area contributed by atoms with E-state index >= 15 is 0 Å². The number of benzene rings is 1. The van der Waals surface area contributed by atoms with Gasteiger partial charge in [0.25, 0.3) is 0 Å². The fourth-order valence-electron chi connectivity index (χ4n) is 3.28. The molecule has 8 heteroatoms. The Morgan fingerprint density at radius 1 is 1.12 bits per heavy atom. The molecular formula is C17H19N5O3. The van der Waals surface area contributed by atoms with Crippen molar-refractivity contribution in [1.82, 2.24) is 9.97 Å². The Bertz CT molecular complexity index is 839. The molecule has 8 nitrogen and oxygen atoms in total. The summed E-state index contributed by atoms with van der Waals surface area (Å²) >= 11 is 0. The van der Waals surface area contributed by atoms with E-state index in [0.29, 0.717) is 23.8 Å². The molecule has 0 atom stereocenters. The van der Waals surface area contributed by atoms with Gasteiger partial charge in [-0.15, -0.1) is 0 Å². The molecule has 0 saturated heterocycles. The summed E-state index contributed by atoms with van der Waals surface area (Å²) in [4.78, 5) is 22.5. The Labute approximate surface area is 145 Å². The van der Waals surface area contributed by atoms with E-state index in [-0.39, 0.29) is 12.5 Å². The minimum atomic E-state index is -0.0904. The van der Waals surface area contributed by atoms with E-state index in [4.69, 9.17) is 9.47 Å². The summed E-state index contributed by atoms with van der Waals surface area (Å²) in [6.45, 7) is 1.69. The van der Waals surface area contributed by atoms with Crippen LogP contribution in [0.5, 0.6) is 11.5 Å². The molecule has 2 aliphatic rings. The number of methoxy groups -OCH3 is 2. The average molecular weight is 341 g/mol. The van der Waals surface area contributed by atoms with E-state index in [2.05, 4.69) is 25.5 Å². The van der Waals surface area contributed by atoms with Crippen molar-refractivity contribution >= 4 is 23.2 Å². The third kappa shape index (κ3) is 2.69. The molecule has 0 aliphatic carbocycles. The van der Waals surface area contributed by atoms with E-state index in [0.717, 1.165) is 30.1 Å². The number of nitrogens with one attached hydrogen (secondary N) is 2. The van der Waals surface area contributed by atoms with Crippen LogP contribution in [0.15, 0.2) is 18.5 Å². The maximum Gasteiger partial charge on any atom is 0.243 e. The van der Waals surface area contributed by atoms with Crippen LogP contribution in [0.3, 0.4) is 0 Å². The maximum absolute atomic E-state index is 11.7. The number of rotatable bonds is 3. The Morgan fingerprint density at radius 2 is 1.88 bits per heavy atom. The number of carbonyl (C=O) groups is 1. The van der Waals surface area contributed by atoms with E-state index in [1.54, 1.807) is 14.2 Å². The zero-order valence-electron chi connectivity index (χ0n) is 14.1. The van der Waals surface area contributed by atoms with Crippen molar-refractivity contribution in [2.24, 2.45) is 0 Å². The van der Waals surface area contributed by atoms with Crippen molar-refractivity contribution in [3.63, 3.8) is 0 Å². The third-order valence-corrected chi connectivity index (χ3v) is 4.53. The lowest BCUT2D eigenvalue weighted by Crippen LogP contribution is -2.34. The molecule has 4 rings (SSSR count). The highest BCUT2D eigenvalue weighted by Crippen LogP contribution is 2.37. The summed E-state index contributed by atoms with van der Waals surface area (Å²) in [5.74, 6) is 2.74. The van der Waals surface area contributed by atoms with Crippen LogP contribution in [0.2, 0.25) is 0 Å². The molecule has 0 radical (unpaired) electrons. The van der Waals surface area contributed by atoms with Gasteiger partial charge in [0.05, 0.1) is 20.8 Å². The number of nitrogens with zero attached hydrogens (tertiary/aromatic N) is 3. The predicted octanol–water partition coefficient (Wildman–Crippen LogP) is 1.42. The first-order chi connectivity index (χ1) is 12.2. The Kier molecular flexibility index (Phi) is 3.79. The fourth-order valence-corrected chi connectivity index (χ4v) is 3.28. The lowest BCUT2D eigenvalue weighted by Gasteiger charge is -2.32. The van der Waals surface area contributed by atoms with Gasteiger partial charge in [-0.25, -0.2) is 9.97 Å². The van der Waals surface area contributed by atoms with Crippen molar-refractivity contribution < 1.29 is 14.3 Å². The lowest BCUT2D eigenvalue weighted by molar-refractivity contribution is -0.114. The molecule has 0 saturated carbocycles. The fraction of sp³-hybridized carbons (Fsp3) is 0.353. The van der Waals surface area contributed by atoms with Crippen LogP contribution in [-0.4, -0.2) is 43.2 Å². The summed E-state index contributed by atoms with van der Waals surface area (Å²) in [6.07, 6.45) is 2.37. The number of aromatic nitrogens is 2. The van der Waals surface area contributed by atoms with Crippen molar-refractivity contribution in [3.8, 4) is 11.5 Å². The largest absolute Gasteiger partial charge is 0.493 e. The van der Waals surface area contributed by atoms with Gasteiger partial charge in [-0.3, -0.25) is 4.79 Å². The van der Waals surface area contributed by atoms with Crippen molar-refractivity contribution in [3.05, 3.63) is 29.6 Å². The topological polar surface area (TPSA) is 88.6 Å². The van der Waals surface area contributed by atoms with Crippen molar-refractivity contribution in [2.75, 3.05) is 42.8 Å². The van der Waals surface area contributed by atoms with Crippen LogP contribution in [0.1, 0.15) is 11.1 Å². The summed E-state index contributed by atoms with van der Waals surface area (Å²) in [5.41, 5.74) is 3.04. The van der Waals surface area contributed by atoms with Gasteiger partial charge in [-0.1, -0.05) is 0 Å². The molecule has 2 aromatic rings. The van der Waals surface area contributed by atoms with Crippen LogP contribution in [-0.2, 0) is 17.8 Å². The molecule has 130 valence electrons. The zero-order valence-corrected chi connectivity index (χ0v) is 14.1. The zero-order chi connectivity index (χ0) is 17.4. The second-order valence-electron chi connectivity index (χ2n) is 5.97. The quantitative estimate of drug-likeness (QED) is 0.873. The van der Waals surface area contributed by atoms with Gasteiger partial charge in [-0.05, 0) is 29.7 Å². The van der Waals surface area contributed by atoms with Crippen molar-refractivity contribution in [1.29, 1.82) is 0 Å². The number of hydrogen-bond acceptors (Lipinski definition) is 7. The van der Waals surface area contributed by atoms with E-state index in [9.17, 15) is 4.79 Å². The minimum absolute atomic E-state index is 0.0904. The molecule has 0 fully saturated rings. The molecule has 2 aliphatic heterocycles. The van der Waals surface area contributed by atoms with E-state index < -0.39 is 0 Å². The Morgan fingerprint density at radius 3 is 2.64 bits per heavy atom. The Balaban J connectivity index is 1.68. The number of amides is 1. The summed E-state index contributed by atoms with van der Waals surface area (Å²) in [6, 6.07) is 4.04. The predicted molar refractivity (Wildman–Crippen MR) is 93.5 cm³/mol. The SMILES string of the molecule is COc1cc2c(cc1OC)CN(c1ncnc3c1NC(=O)CN3)CC2. The monoisotopic (exact) mass is 341 g/mol. The number of fused-ring (bicyclic) bond motifs is 2. The highest BCUT2D eigenvalue weighted by atomic mass is 16.5. The third-order valence-electron chi connectivity index (χ3n) is 4.53. The van der Waals surface area contributed by atoms with Crippen LogP contribution in [0.25, 0.3) is 0 Å². The van der Waals surface area contributed by atoms with E-state index in [1.165, 1.54) is 11.9 Å². The number of carbonyl (C=O) groups excluding carboxylic acids is 1. The van der Waals surface area contributed by atoms with Gasteiger partial charge < -0.3 is 25.0 Å². The average Bonchev–Trinajstić information content (AvgIpc) is 2.65. The maximum atomic E-state index is 11.7. The molecule has 3 heterocycles. The smallest absolute Gasteiger partial charge is 0.243 e. The van der Waals surface area contributed by atoms with Gasteiger partial charge in [0, 0.05) is 13.1 Å². The molecule has 2 N–H and O–H groups in total. The summed E-state index contributed by atoms with van der Waals surface area (Å²) in [7, 11) is 3.27. The molecule has 1 aromatic carbocycles. The van der Waals surface area contributed by atoms with Crippen LogP contribution >= 0.6 is 0 Å². The van der Waals surface area contributed by atoms with Crippen LogP contribution < -0.4 is 25.0 Å². The molecule has 0 spiro atoms. The van der Waals surface area contributed by atoms with Gasteiger partial charge in [0.1, 0.15) is 12.0 Å². The second kappa shape index (κ2) is 6.12. The van der Waals surface area contributed by atoms with Gasteiger partial charge in [-0.2, -0.15) is 0 Å². The van der Waals surface area contributed by atoms with Gasteiger partial charge in [0.15, 0.2) is 23.1 Å². The standard InChI is InChI=1S/C17H19N5O3/c1-24-12-5-10-3-4-22(8-11(10)6-13(12)25-2)17-15-16(19-9-20-17)18-7-14(23)21-15/h5-6,9H,3-4,7-8H2,1-2H3,(H,21,23)(H,18,19,20). The number of hydrogen-bond donors (Lipinski definition) is 2. The summed E-state index contributed by atoms with van der Waals surface area (Å²) < 4.78 is 10.8. The highest BCUT2D eigenvalue weighted by Gasteiger charge is 2.26. The lowest BCUT2D eigenvalue weighted by atomic mass is 9.98. The first-order valence-electron chi connectivity index (χ1n) is 8.07. The normalized spacial score (nSPS) is 15.6. The van der Waals surface area contributed by atoms with E-state index in [1.807, 2.05) is 12.1 Å². The summed E-state index contributed by atoms with van der Waals surface area (Å²) in [5, 5.41) is 5.90. The van der Waals surface area contributed by atoms with Gasteiger partial charge >= 0.3 is 0 Å². The molecule has 25 heavy (non-hydrogen) atoms. The molecule has 1 amide bonds. The van der Waals surface area contributed by atoms with Crippen molar-refractivity contribution in [2.45, 2.75) is 13.0 Å². The number of anilines is 3. The molecule has 0 bridgehead atoms. The second-order valence-corrected chi connectivity index (χ2v) is 5.97.